The van der Waals surface area contributed by atoms with Gasteiger partial charge in [-0.25, -0.2) is 0 Å². The van der Waals surface area contributed by atoms with E-state index in [9.17, 15) is 0 Å². The van der Waals surface area contributed by atoms with E-state index in [4.69, 9.17) is 0 Å². The first-order valence-electron chi connectivity index (χ1n) is 6.85. The third kappa shape index (κ3) is 2.16. The number of pyridine rings is 1. The van der Waals surface area contributed by atoms with Crippen molar-refractivity contribution in [2.75, 3.05) is 5.32 Å². The normalized spacial score (nSPS) is 10.9. The summed E-state index contributed by atoms with van der Waals surface area (Å²) in [5.74, 6) is 0. The SMILES string of the molecule is Cc1cc(CNc2cccc3ccncc23)c(C)n1C. The van der Waals surface area contributed by atoms with E-state index in [1.807, 2.05) is 18.5 Å². The average molecular weight is 265 g/mol. The van der Waals surface area contributed by atoms with Crippen molar-refractivity contribution < 1.29 is 0 Å². The summed E-state index contributed by atoms with van der Waals surface area (Å²) in [6, 6.07) is 10.6. The van der Waals surface area contributed by atoms with Crippen molar-refractivity contribution in [3.8, 4) is 0 Å². The van der Waals surface area contributed by atoms with Crippen molar-refractivity contribution in [2.24, 2.45) is 7.05 Å². The molecule has 0 unspecified atom stereocenters. The van der Waals surface area contributed by atoms with Gasteiger partial charge in [-0.2, -0.15) is 0 Å². The van der Waals surface area contributed by atoms with Crippen LogP contribution < -0.4 is 5.32 Å². The van der Waals surface area contributed by atoms with Gasteiger partial charge in [0.05, 0.1) is 0 Å². The van der Waals surface area contributed by atoms with E-state index in [1.54, 1.807) is 0 Å². The second kappa shape index (κ2) is 5.00. The maximum Gasteiger partial charge on any atom is 0.0438 e. The Morgan fingerprint density at radius 2 is 2.05 bits per heavy atom. The highest BCUT2D eigenvalue weighted by Gasteiger charge is 2.06. The van der Waals surface area contributed by atoms with Crippen LogP contribution in [-0.2, 0) is 13.6 Å². The number of hydrogen-bond acceptors (Lipinski definition) is 2. The molecule has 0 aliphatic rings. The largest absolute Gasteiger partial charge is 0.380 e. The van der Waals surface area contributed by atoms with Crippen molar-refractivity contribution in [1.29, 1.82) is 0 Å². The van der Waals surface area contributed by atoms with Gasteiger partial charge in [0.15, 0.2) is 0 Å². The molecule has 3 aromatic rings. The predicted molar refractivity (Wildman–Crippen MR) is 84.0 cm³/mol. The Morgan fingerprint density at radius 3 is 2.80 bits per heavy atom. The molecule has 0 bridgehead atoms. The molecule has 0 atom stereocenters. The first-order chi connectivity index (χ1) is 9.66. The molecular weight excluding hydrogens is 246 g/mol. The summed E-state index contributed by atoms with van der Waals surface area (Å²) in [5, 5.41) is 5.91. The maximum atomic E-state index is 4.22. The number of benzene rings is 1. The fourth-order valence-corrected chi connectivity index (χ4v) is 2.57. The summed E-state index contributed by atoms with van der Waals surface area (Å²) in [4.78, 5) is 4.22. The molecule has 2 aromatic heterocycles. The van der Waals surface area contributed by atoms with Crippen LogP contribution in [0.15, 0.2) is 42.7 Å². The van der Waals surface area contributed by atoms with Gasteiger partial charge >= 0.3 is 0 Å². The van der Waals surface area contributed by atoms with E-state index < -0.39 is 0 Å². The molecule has 0 saturated carbocycles. The third-order valence-corrected chi connectivity index (χ3v) is 4.03. The number of hydrogen-bond donors (Lipinski definition) is 1. The second-order valence-electron chi connectivity index (χ2n) is 5.21. The predicted octanol–water partition coefficient (Wildman–Crippen LogP) is 3.80. The molecular formula is C17H19N3. The van der Waals surface area contributed by atoms with Gasteiger partial charge in [0.1, 0.15) is 0 Å². The number of nitrogens with one attached hydrogen (secondary N) is 1. The van der Waals surface area contributed by atoms with E-state index >= 15 is 0 Å². The summed E-state index contributed by atoms with van der Waals surface area (Å²) in [6.45, 7) is 5.13. The van der Waals surface area contributed by atoms with Gasteiger partial charge in [-0.3, -0.25) is 4.98 Å². The summed E-state index contributed by atoms with van der Waals surface area (Å²) in [5.41, 5.74) is 5.08. The van der Waals surface area contributed by atoms with Crippen molar-refractivity contribution in [3.63, 3.8) is 0 Å². The molecule has 3 rings (SSSR count). The topological polar surface area (TPSA) is 29.9 Å². The van der Waals surface area contributed by atoms with Crippen LogP contribution >= 0.6 is 0 Å². The van der Waals surface area contributed by atoms with Gasteiger partial charge in [-0.15, -0.1) is 0 Å². The van der Waals surface area contributed by atoms with Crippen LogP contribution in [0.25, 0.3) is 10.8 Å². The van der Waals surface area contributed by atoms with Crippen molar-refractivity contribution in [2.45, 2.75) is 20.4 Å². The summed E-state index contributed by atoms with van der Waals surface area (Å²) in [7, 11) is 2.11. The monoisotopic (exact) mass is 265 g/mol. The van der Waals surface area contributed by atoms with Crippen LogP contribution in [-0.4, -0.2) is 9.55 Å². The number of rotatable bonds is 3. The van der Waals surface area contributed by atoms with E-state index in [0.717, 1.165) is 12.2 Å². The minimum atomic E-state index is 0.835. The Balaban J connectivity index is 1.89. The molecule has 1 aromatic carbocycles. The Labute approximate surface area is 119 Å². The first kappa shape index (κ1) is 12.7. The van der Waals surface area contributed by atoms with E-state index in [1.165, 1.54) is 27.7 Å². The minimum Gasteiger partial charge on any atom is -0.380 e. The van der Waals surface area contributed by atoms with Crippen LogP contribution in [0.2, 0.25) is 0 Å². The Kier molecular flexibility index (Phi) is 3.18. The lowest BCUT2D eigenvalue weighted by Crippen LogP contribution is -2.02. The molecule has 0 spiro atoms. The van der Waals surface area contributed by atoms with Gasteiger partial charge in [0.2, 0.25) is 0 Å². The highest BCUT2D eigenvalue weighted by Crippen LogP contribution is 2.23. The Hall–Kier alpha value is -2.29. The van der Waals surface area contributed by atoms with Crippen molar-refractivity contribution in [3.05, 3.63) is 59.7 Å². The summed E-state index contributed by atoms with van der Waals surface area (Å²) in [6.07, 6.45) is 3.75. The Morgan fingerprint density at radius 1 is 1.20 bits per heavy atom. The van der Waals surface area contributed by atoms with Gasteiger partial charge < -0.3 is 9.88 Å². The lowest BCUT2D eigenvalue weighted by atomic mass is 10.1. The molecule has 0 aliphatic carbocycles. The van der Waals surface area contributed by atoms with Crippen LogP contribution in [0.5, 0.6) is 0 Å². The number of fused-ring (bicyclic) bond motifs is 1. The van der Waals surface area contributed by atoms with E-state index in [-0.39, 0.29) is 0 Å². The van der Waals surface area contributed by atoms with Crippen molar-refractivity contribution >= 4 is 16.5 Å². The van der Waals surface area contributed by atoms with Gasteiger partial charge in [0.25, 0.3) is 0 Å². The molecule has 0 aliphatic heterocycles. The molecule has 0 amide bonds. The van der Waals surface area contributed by atoms with Crippen LogP contribution in [0.3, 0.4) is 0 Å². The van der Waals surface area contributed by atoms with Crippen molar-refractivity contribution in [1.82, 2.24) is 9.55 Å². The molecule has 0 saturated heterocycles. The van der Waals surface area contributed by atoms with Gasteiger partial charge in [0, 0.05) is 48.4 Å². The number of aromatic nitrogens is 2. The lowest BCUT2D eigenvalue weighted by molar-refractivity contribution is 0.837. The molecule has 0 radical (unpaired) electrons. The summed E-state index contributed by atoms with van der Waals surface area (Å²) >= 11 is 0. The molecule has 102 valence electrons. The molecule has 2 heterocycles. The zero-order chi connectivity index (χ0) is 14.1. The molecule has 3 nitrogen and oxygen atoms in total. The fraction of sp³-hybridized carbons (Fsp3) is 0.235. The maximum absolute atomic E-state index is 4.22. The fourth-order valence-electron chi connectivity index (χ4n) is 2.57. The number of aryl methyl sites for hydroxylation is 1. The molecule has 0 fully saturated rings. The zero-order valence-electron chi connectivity index (χ0n) is 12.1. The van der Waals surface area contributed by atoms with Gasteiger partial charge in [-0.1, -0.05) is 12.1 Å². The first-order valence-corrected chi connectivity index (χ1v) is 6.85. The quantitative estimate of drug-likeness (QED) is 0.780. The highest BCUT2D eigenvalue weighted by molar-refractivity contribution is 5.93. The molecule has 20 heavy (non-hydrogen) atoms. The number of nitrogens with zero attached hydrogens (tertiary/aromatic N) is 2. The third-order valence-electron chi connectivity index (χ3n) is 4.03. The second-order valence-corrected chi connectivity index (χ2v) is 5.21. The van der Waals surface area contributed by atoms with Gasteiger partial charge in [-0.05, 0) is 43.0 Å². The molecule has 3 heteroatoms. The number of anilines is 1. The van der Waals surface area contributed by atoms with E-state index in [0.29, 0.717) is 0 Å². The average Bonchev–Trinajstić information content (AvgIpc) is 2.72. The Bertz CT molecular complexity index is 751. The highest BCUT2D eigenvalue weighted by atomic mass is 15.0. The summed E-state index contributed by atoms with van der Waals surface area (Å²) < 4.78 is 2.22. The van der Waals surface area contributed by atoms with Crippen LogP contribution in [0, 0.1) is 13.8 Å². The van der Waals surface area contributed by atoms with Crippen LogP contribution in [0.4, 0.5) is 5.69 Å². The lowest BCUT2D eigenvalue weighted by Gasteiger charge is -2.09. The molecule has 1 N–H and O–H groups in total. The van der Waals surface area contributed by atoms with Crippen LogP contribution in [0.1, 0.15) is 17.0 Å². The smallest absolute Gasteiger partial charge is 0.0438 e. The standard InChI is InChI=1S/C17H19N3/c1-12-9-15(13(2)20(12)3)10-19-17-6-4-5-14-7-8-18-11-16(14)17/h4-9,11,19H,10H2,1-3H3. The zero-order valence-corrected chi connectivity index (χ0v) is 12.1. The minimum absolute atomic E-state index is 0.835. The van der Waals surface area contributed by atoms with E-state index in [2.05, 4.69) is 60.0 Å².